The minimum Gasteiger partial charge on any atom is -0.481 e. The number of benzene rings is 1. The first-order valence-corrected chi connectivity index (χ1v) is 7.56. The number of hydrogen-bond donors (Lipinski definition) is 1. The predicted octanol–water partition coefficient (Wildman–Crippen LogP) is 4.12. The monoisotopic (exact) mass is 311 g/mol. The van der Waals surface area contributed by atoms with E-state index in [2.05, 4.69) is 4.98 Å². The predicted molar refractivity (Wildman–Crippen MR) is 79.3 cm³/mol. The van der Waals surface area contributed by atoms with E-state index < -0.39 is 5.97 Å². The van der Waals surface area contributed by atoms with E-state index in [0.29, 0.717) is 28.1 Å². The molecular weight excluding hydrogens is 298 g/mol. The van der Waals surface area contributed by atoms with Gasteiger partial charge in [0.25, 0.3) is 5.22 Å². The largest absolute Gasteiger partial charge is 0.481 e. The van der Waals surface area contributed by atoms with Crippen molar-refractivity contribution in [3.05, 3.63) is 35.0 Å². The minimum absolute atomic E-state index is 0.0199. The molecule has 106 valence electrons. The number of carboxylic acid groups (broad SMARTS) is 1. The molecule has 2 rings (SSSR count). The number of thioether (sulfide) groups is 1. The number of rotatable bonds is 6. The lowest BCUT2D eigenvalue weighted by molar-refractivity contribution is -0.137. The number of carboxylic acids is 1. The van der Waals surface area contributed by atoms with Crippen molar-refractivity contribution in [2.24, 2.45) is 0 Å². The van der Waals surface area contributed by atoms with Crippen LogP contribution >= 0.6 is 23.4 Å². The van der Waals surface area contributed by atoms with Gasteiger partial charge in [-0.15, -0.1) is 0 Å². The van der Waals surface area contributed by atoms with Crippen molar-refractivity contribution >= 4 is 29.3 Å². The number of aromatic nitrogens is 1. The Morgan fingerprint density at radius 3 is 2.70 bits per heavy atom. The zero-order valence-electron chi connectivity index (χ0n) is 10.9. The van der Waals surface area contributed by atoms with Gasteiger partial charge in [-0.25, -0.2) is 4.98 Å². The molecule has 1 aromatic heterocycles. The van der Waals surface area contributed by atoms with Crippen molar-refractivity contribution in [3.8, 4) is 11.3 Å². The average molecular weight is 312 g/mol. The molecule has 0 saturated carbocycles. The highest BCUT2D eigenvalue weighted by Crippen LogP contribution is 2.30. The van der Waals surface area contributed by atoms with Crippen LogP contribution in [0, 0.1) is 0 Å². The third-order valence-corrected chi connectivity index (χ3v) is 3.59. The summed E-state index contributed by atoms with van der Waals surface area (Å²) in [5, 5.41) is 10.0. The molecule has 1 N–H and O–H groups in total. The van der Waals surface area contributed by atoms with Crippen LogP contribution in [0.5, 0.6) is 0 Å². The number of hydrogen-bond acceptors (Lipinski definition) is 4. The highest BCUT2D eigenvalue weighted by atomic mass is 35.5. The molecule has 0 fully saturated rings. The van der Waals surface area contributed by atoms with Crippen molar-refractivity contribution in [2.45, 2.75) is 25.0 Å². The van der Waals surface area contributed by atoms with E-state index >= 15 is 0 Å². The number of nitrogens with zero attached hydrogens (tertiary/aromatic N) is 1. The molecule has 0 aliphatic heterocycles. The van der Waals surface area contributed by atoms with E-state index in [1.54, 1.807) is 12.1 Å². The Morgan fingerprint density at radius 2 is 2.10 bits per heavy atom. The summed E-state index contributed by atoms with van der Waals surface area (Å²) in [7, 11) is 0. The van der Waals surface area contributed by atoms with Gasteiger partial charge in [0.05, 0.1) is 6.42 Å². The highest BCUT2D eigenvalue weighted by Gasteiger charge is 2.16. The Labute approximate surface area is 126 Å². The first kappa shape index (κ1) is 14.9. The van der Waals surface area contributed by atoms with Crippen LogP contribution in [0.4, 0.5) is 0 Å². The lowest BCUT2D eigenvalue weighted by atomic mass is 10.1. The van der Waals surface area contributed by atoms with E-state index in [4.69, 9.17) is 21.1 Å². The fourth-order valence-electron chi connectivity index (χ4n) is 1.74. The summed E-state index contributed by atoms with van der Waals surface area (Å²) in [4.78, 5) is 15.2. The Hall–Kier alpha value is -1.46. The van der Waals surface area contributed by atoms with Gasteiger partial charge in [0, 0.05) is 17.0 Å². The molecular formula is C14H14ClNO3S. The van der Waals surface area contributed by atoms with E-state index in [1.165, 1.54) is 11.8 Å². The second-order valence-electron chi connectivity index (χ2n) is 4.09. The van der Waals surface area contributed by atoms with Gasteiger partial charge in [-0.05, 0) is 17.9 Å². The number of oxazole rings is 1. The molecule has 0 radical (unpaired) electrons. The van der Waals surface area contributed by atoms with Gasteiger partial charge in [0.1, 0.15) is 11.5 Å². The maximum atomic E-state index is 10.7. The van der Waals surface area contributed by atoms with E-state index in [9.17, 15) is 4.79 Å². The Bertz CT molecular complexity index is 595. The standard InChI is InChI=1S/C14H14ClNO3S/c1-2-20-14-16-13(9-3-5-10(15)6-4-9)11(19-14)7-8-12(17)18/h3-6H,2,7-8H2,1H3,(H,17,18). The Morgan fingerprint density at radius 1 is 1.40 bits per heavy atom. The lowest BCUT2D eigenvalue weighted by Crippen LogP contribution is -1.97. The summed E-state index contributed by atoms with van der Waals surface area (Å²) in [5.74, 6) is 0.595. The zero-order valence-corrected chi connectivity index (χ0v) is 12.5. The molecule has 0 spiro atoms. The molecule has 0 saturated heterocycles. The second-order valence-corrected chi connectivity index (χ2v) is 5.74. The van der Waals surface area contributed by atoms with Gasteiger partial charge >= 0.3 is 5.97 Å². The maximum Gasteiger partial charge on any atom is 0.303 e. The topological polar surface area (TPSA) is 63.3 Å². The van der Waals surface area contributed by atoms with Crippen molar-refractivity contribution in [1.82, 2.24) is 4.98 Å². The third kappa shape index (κ3) is 3.77. The molecule has 4 nitrogen and oxygen atoms in total. The summed E-state index contributed by atoms with van der Waals surface area (Å²) >= 11 is 7.36. The average Bonchev–Trinajstić information content (AvgIpc) is 2.81. The number of halogens is 1. The summed E-state index contributed by atoms with van der Waals surface area (Å²) < 4.78 is 5.65. The SMILES string of the molecule is CCSc1nc(-c2ccc(Cl)cc2)c(CCC(=O)O)o1. The molecule has 20 heavy (non-hydrogen) atoms. The fourth-order valence-corrected chi connectivity index (χ4v) is 2.43. The lowest BCUT2D eigenvalue weighted by Gasteiger charge is -2.00. The molecule has 0 atom stereocenters. The Kier molecular flexibility index (Phi) is 5.09. The zero-order chi connectivity index (χ0) is 14.5. The maximum absolute atomic E-state index is 10.7. The molecule has 2 aromatic rings. The second kappa shape index (κ2) is 6.81. The summed E-state index contributed by atoms with van der Waals surface area (Å²) in [6.07, 6.45) is 0.344. The molecule has 6 heteroatoms. The minimum atomic E-state index is -0.854. The van der Waals surface area contributed by atoms with Gasteiger partial charge in [0.2, 0.25) is 0 Å². The third-order valence-electron chi connectivity index (χ3n) is 2.63. The molecule has 0 bridgehead atoms. The summed E-state index contributed by atoms with van der Waals surface area (Å²) in [6.45, 7) is 2.01. The van der Waals surface area contributed by atoms with E-state index in [-0.39, 0.29) is 6.42 Å². The number of aliphatic carboxylic acids is 1. The molecule has 0 aliphatic carbocycles. The van der Waals surface area contributed by atoms with E-state index in [0.717, 1.165) is 11.3 Å². The van der Waals surface area contributed by atoms with Crippen LogP contribution < -0.4 is 0 Å². The van der Waals surface area contributed by atoms with Crippen LogP contribution in [0.2, 0.25) is 5.02 Å². The highest BCUT2D eigenvalue weighted by molar-refractivity contribution is 7.99. The van der Waals surface area contributed by atoms with Gasteiger partial charge in [-0.2, -0.15) is 0 Å². The Balaban J connectivity index is 2.33. The van der Waals surface area contributed by atoms with Gasteiger partial charge in [0.15, 0.2) is 0 Å². The van der Waals surface area contributed by atoms with Gasteiger partial charge < -0.3 is 9.52 Å². The summed E-state index contributed by atoms with van der Waals surface area (Å²) in [5.41, 5.74) is 1.57. The number of aryl methyl sites for hydroxylation is 1. The van der Waals surface area contributed by atoms with Crippen LogP contribution in [0.1, 0.15) is 19.1 Å². The molecule has 1 aromatic carbocycles. The van der Waals surface area contributed by atoms with Crippen molar-refractivity contribution in [3.63, 3.8) is 0 Å². The molecule has 0 aliphatic rings. The first-order chi connectivity index (χ1) is 9.60. The molecule has 0 unspecified atom stereocenters. The van der Waals surface area contributed by atoms with Crippen LogP contribution in [0.25, 0.3) is 11.3 Å². The van der Waals surface area contributed by atoms with E-state index in [1.807, 2.05) is 19.1 Å². The molecule has 1 heterocycles. The first-order valence-electron chi connectivity index (χ1n) is 6.20. The van der Waals surface area contributed by atoms with Crippen LogP contribution in [-0.4, -0.2) is 21.8 Å². The van der Waals surface area contributed by atoms with Crippen molar-refractivity contribution in [1.29, 1.82) is 0 Å². The van der Waals surface area contributed by atoms with Crippen LogP contribution in [0.15, 0.2) is 33.9 Å². The van der Waals surface area contributed by atoms with Gasteiger partial charge in [-0.3, -0.25) is 4.79 Å². The molecule has 0 amide bonds. The summed E-state index contributed by atoms with van der Waals surface area (Å²) in [6, 6.07) is 7.26. The fraction of sp³-hybridized carbons (Fsp3) is 0.286. The normalized spacial score (nSPS) is 10.7. The van der Waals surface area contributed by atoms with Crippen LogP contribution in [-0.2, 0) is 11.2 Å². The van der Waals surface area contributed by atoms with Crippen molar-refractivity contribution < 1.29 is 14.3 Å². The van der Waals surface area contributed by atoms with Crippen molar-refractivity contribution in [2.75, 3.05) is 5.75 Å². The smallest absolute Gasteiger partial charge is 0.303 e. The van der Waals surface area contributed by atoms with Gasteiger partial charge in [-0.1, -0.05) is 42.4 Å². The number of carbonyl (C=O) groups is 1. The quantitative estimate of drug-likeness (QED) is 0.813. The van der Waals surface area contributed by atoms with Crippen LogP contribution in [0.3, 0.4) is 0 Å².